The number of likely N-dealkylation sites (tertiary alicyclic amines) is 1. The summed E-state index contributed by atoms with van der Waals surface area (Å²) in [6, 6.07) is 0.443. The highest BCUT2D eigenvalue weighted by atomic mass is 32.1. The van der Waals surface area contributed by atoms with Crippen molar-refractivity contribution in [1.82, 2.24) is 15.2 Å². The topological polar surface area (TPSA) is 62.3 Å². The molecule has 126 valence electrons. The molecule has 23 heavy (non-hydrogen) atoms. The third-order valence-electron chi connectivity index (χ3n) is 4.80. The molecule has 1 saturated heterocycles. The van der Waals surface area contributed by atoms with Gasteiger partial charge in [0.15, 0.2) is 0 Å². The zero-order valence-electron chi connectivity index (χ0n) is 13.7. The molecule has 1 N–H and O–H groups in total. The quantitative estimate of drug-likeness (QED) is 0.869. The zero-order valence-corrected chi connectivity index (χ0v) is 14.5. The monoisotopic (exact) mass is 335 g/mol. The maximum atomic E-state index is 12.2. The Morgan fingerprint density at radius 3 is 2.96 bits per heavy atom. The van der Waals surface area contributed by atoms with Crippen LogP contribution in [0.4, 0.5) is 0 Å². The number of thiazole rings is 1. The Labute approximate surface area is 141 Å². The van der Waals surface area contributed by atoms with Crippen molar-refractivity contribution in [2.75, 3.05) is 13.1 Å². The third-order valence-corrected chi connectivity index (χ3v) is 5.71. The second-order valence-electron chi connectivity index (χ2n) is 6.64. The smallest absolute Gasteiger partial charge is 0.270 e. The van der Waals surface area contributed by atoms with Crippen molar-refractivity contribution >= 4 is 23.2 Å². The summed E-state index contributed by atoms with van der Waals surface area (Å²) in [5, 5.41) is 5.79. The Hall–Kier alpha value is -1.43. The van der Waals surface area contributed by atoms with Crippen LogP contribution in [-0.2, 0) is 11.2 Å². The first-order valence-electron chi connectivity index (χ1n) is 8.69. The van der Waals surface area contributed by atoms with Gasteiger partial charge in [-0.3, -0.25) is 9.59 Å². The van der Waals surface area contributed by atoms with Crippen LogP contribution in [0.5, 0.6) is 0 Å². The summed E-state index contributed by atoms with van der Waals surface area (Å²) in [6.07, 6.45) is 7.28. The standard InChI is InChI=1S/C17H25N3O2S/c1-2-5-15-19-14(11-23-15)17(22)18-9-12-8-16(21)20(10-12)13-6-3-4-7-13/h11-13H,2-10H2,1H3,(H,18,22)/t12-/m0/s1. The molecular formula is C17H25N3O2S. The van der Waals surface area contributed by atoms with Gasteiger partial charge in [-0.15, -0.1) is 11.3 Å². The Morgan fingerprint density at radius 2 is 2.22 bits per heavy atom. The Balaban J connectivity index is 1.48. The highest BCUT2D eigenvalue weighted by Gasteiger charge is 2.35. The van der Waals surface area contributed by atoms with Crippen LogP contribution in [0.15, 0.2) is 5.38 Å². The van der Waals surface area contributed by atoms with Crippen molar-refractivity contribution in [3.63, 3.8) is 0 Å². The molecule has 2 fully saturated rings. The van der Waals surface area contributed by atoms with Crippen LogP contribution in [-0.4, -0.2) is 40.8 Å². The number of nitrogens with zero attached hydrogens (tertiary/aromatic N) is 2. The second-order valence-corrected chi connectivity index (χ2v) is 7.58. The maximum Gasteiger partial charge on any atom is 0.270 e. The molecule has 2 heterocycles. The van der Waals surface area contributed by atoms with Crippen LogP contribution in [0.1, 0.15) is 60.9 Å². The first-order chi connectivity index (χ1) is 11.2. The predicted molar refractivity (Wildman–Crippen MR) is 90.5 cm³/mol. The van der Waals surface area contributed by atoms with Crippen molar-refractivity contribution in [1.29, 1.82) is 0 Å². The summed E-state index contributed by atoms with van der Waals surface area (Å²) in [7, 11) is 0. The highest BCUT2D eigenvalue weighted by molar-refractivity contribution is 7.09. The van der Waals surface area contributed by atoms with Gasteiger partial charge in [-0.05, 0) is 25.7 Å². The second kappa shape index (κ2) is 7.43. The van der Waals surface area contributed by atoms with Gasteiger partial charge in [0.1, 0.15) is 5.69 Å². The fraction of sp³-hybridized carbons (Fsp3) is 0.706. The Bertz CT molecular complexity index is 566. The van der Waals surface area contributed by atoms with Gasteiger partial charge in [0.2, 0.25) is 5.91 Å². The van der Waals surface area contributed by atoms with Crippen molar-refractivity contribution in [2.24, 2.45) is 5.92 Å². The summed E-state index contributed by atoms with van der Waals surface area (Å²) in [5.74, 6) is 0.381. The fourth-order valence-corrected chi connectivity index (χ4v) is 4.47. The van der Waals surface area contributed by atoms with E-state index >= 15 is 0 Å². The molecule has 0 spiro atoms. The number of rotatable bonds is 6. The molecule has 1 atom stereocenters. The zero-order chi connectivity index (χ0) is 16.2. The van der Waals surface area contributed by atoms with Crippen molar-refractivity contribution in [2.45, 2.75) is 57.9 Å². The number of hydrogen-bond donors (Lipinski definition) is 1. The molecule has 0 unspecified atom stereocenters. The van der Waals surface area contributed by atoms with Crippen LogP contribution >= 0.6 is 11.3 Å². The normalized spacial score (nSPS) is 22.0. The predicted octanol–water partition coefficient (Wildman–Crippen LogP) is 2.62. The fourth-order valence-electron chi connectivity index (χ4n) is 3.59. The number of aryl methyl sites for hydroxylation is 1. The molecule has 6 heteroatoms. The van der Waals surface area contributed by atoms with E-state index in [1.807, 2.05) is 10.3 Å². The summed E-state index contributed by atoms with van der Waals surface area (Å²) in [5.41, 5.74) is 0.510. The summed E-state index contributed by atoms with van der Waals surface area (Å²) >= 11 is 1.54. The highest BCUT2D eigenvalue weighted by Crippen LogP contribution is 2.29. The molecule has 0 radical (unpaired) electrons. The van der Waals surface area contributed by atoms with E-state index in [-0.39, 0.29) is 17.7 Å². The van der Waals surface area contributed by atoms with Crippen LogP contribution in [0.3, 0.4) is 0 Å². The van der Waals surface area contributed by atoms with Crippen molar-refractivity contribution in [3.8, 4) is 0 Å². The van der Waals surface area contributed by atoms with Gasteiger partial charge in [0, 0.05) is 36.9 Å². The molecule has 1 aliphatic heterocycles. The van der Waals surface area contributed by atoms with Crippen LogP contribution in [0.2, 0.25) is 0 Å². The van der Waals surface area contributed by atoms with Gasteiger partial charge >= 0.3 is 0 Å². The van der Waals surface area contributed by atoms with E-state index in [2.05, 4.69) is 17.2 Å². The minimum absolute atomic E-state index is 0.115. The lowest BCUT2D eigenvalue weighted by Gasteiger charge is -2.24. The first-order valence-corrected chi connectivity index (χ1v) is 9.57. The molecule has 0 bridgehead atoms. The number of nitrogens with one attached hydrogen (secondary N) is 1. The van der Waals surface area contributed by atoms with E-state index in [0.717, 1.165) is 37.2 Å². The van der Waals surface area contributed by atoms with E-state index < -0.39 is 0 Å². The van der Waals surface area contributed by atoms with E-state index in [9.17, 15) is 9.59 Å². The molecular weight excluding hydrogens is 310 g/mol. The number of hydrogen-bond acceptors (Lipinski definition) is 4. The number of carbonyl (C=O) groups excluding carboxylic acids is 2. The molecule has 1 aliphatic carbocycles. The van der Waals surface area contributed by atoms with E-state index in [0.29, 0.717) is 24.7 Å². The lowest BCUT2D eigenvalue weighted by atomic mass is 10.1. The van der Waals surface area contributed by atoms with E-state index in [4.69, 9.17) is 0 Å². The number of aromatic nitrogens is 1. The molecule has 1 aromatic rings. The van der Waals surface area contributed by atoms with Gasteiger partial charge in [-0.25, -0.2) is 4.98 Å². The first kappa shape index (κ1) is 16.4. The summed E-state index contributed by atoms with van der Waals surface area (Å²) < 4.78 is 0. The average Bonchev–Trinajstić information content (AvgIpc) is 3.25. The van der Waals surface area contributed by atoms with Crippen LogP contribution in [0.25, 0.3) is 0 Å². The van der Waals surface area contributed by atoms with Crippen molar-refractivity contribution < 1.29 is 9.59 Å². The van der Waals surface area contributed by atoms with E-state index in [1.54, 1.807) is 11.3 Å². The molecule has 5 nitrogen and oxygen atoms in total. The van der Waals surface area contributed by atoms with Crippen LogP contribution < -0.4 is 5.32 Å². The minimum atomic E-state index is -0.115. The third kappa shape index (κ3) is 3.91. The molecule has 1 saturated carbocycles. The molecule has 2 amide bonds. The Morgan fingerprint density at radius 1 is 1.43 bits per heavy atom. The van der Waals surface area contributed by atoms with Gasteiger partial charge in [-0.1, -0.05) is 19.8 Å². The lowest BCUT2D eigenvalue weighted by Crippen LogP contribution is -2.36. The van der Waals surface area contributed by atoms with E-state index in [1.165, 1.54) is 12.8 Å². The molecule has 0 aromatic carbocycles. The summed E-state index contributed by atoms with van der Waals surface area (Å²) in [6.45, 7) is 3.46. The average molecular weight is 335 g/mol. The van der Waals surface area contributed by atoms with Gasteiger partial charge in [0.25, 0.3) is 5.91 Å². The largest absolute Gasteiger partial charge is 0.350 e. The Kier molecular flexibility index (Phi) is 5.30. The molecule has 1 aromatic heterocycles. The number of carbonyl (C=O) groups is 2. The SMILES string of the molecule is CCCc1nc(C(=O)NC[C@@H]2CC(=O)N(C3CCCC3)C2)cs1. The minimum Gasteiger partial charge on any atom is -0.350 e. The van der Waals surface area contributed by atoms with Crippen molar-refractivity contribution in [3.05, 3.63) is 16.1 Å². The lowest BCUT2D eigenvalue weighted by molar-refractivity contribution is -0.129. The molecule has 3 rings (SSSR count). The summed E-state index contributed by atoms with van der Waals surface area (Å²) in [4.78, 5) is 30.8. The number of amides is 2. The van der Waals surface area contributed by atoms with Gasteiger partial charge < -0.3 is 10.2 Å². The van der Waals surface area contributed by atoms with Gasteiger partial charge in [-0.2, -0.15) is 0 Å². The van der Waals surface area contributed by atoms with Gasteiger partial charge in [0.05, 0.1) is 5.01 Å². The van der Waals surface area contributed by atoms with Crippen LogP contribution in [0, 0.1) is 5.92 Å². The maximum absolute atomic E-state index is 12.2. The molecule has 2 aliphatic rings.